The van der Waals surface area contributed by atoms with E-state index in [9.17, 15) is 4.39 Å². The number of benzene rings is 2. The molecule has 0 aliphatic carbocycles. The predicted molar refractivity (Wildman–Crippen MR) is 90.7 cm³/mol. The second kappa shape index (κ2) is 7.09. The Morgan fingerprint density at radius 1 is 1.19 bits per heavy atom. The van der Waals surface area contributed by atoms with E-state index in [1.165, 1.54) is 13.2 Å². The van der Waals surface area contributed by atoms with Crippen molar-refractivity contribution in [3.8, 4) is 5.75 Å². The molecule has 0 amide bonds. The van der Waals surface area contributed by atoms with Crippen molar-refractivity contribution in [2.24, 2.45) is 0 Å². The van der Waals surface area contributed by atoms with E-state index in [1.807, 2.05) is 25.2 Å². The lowest BCUT2D eigenvalue weighted by Gasteiger charge is -2.21. The second-order valence-corrected chi connectivity index (χ2v) is 6.52. The van der Waals surface area contributed by atoms with Gasteiger partial charge in [0, 0.05) is 16.1 Å². The van der Waals surface area contributed by atoms with Crippen LogP contribution in [0.3, 0.4) is 0 Å². The zero-order valence-corrected chi connectivity index (χ0v) is 15.3. The molecule has 112 valence electrons. The first-order valence-electron chi connectivity index (χ1n) is 6.13. The Balaban J connectivity index is 2.55. The van der Waals surface area contributed by atoms with E-state index in [-0.39, 0.29) is 11.9 Å². The summed E-state index contributed by atoms with van der Waals surface area (Å²) in [6.45, 7) is 0. The fourth-order valence-electron chi connectivity index (χ4n) is 2.14. The Hall–Kier alpha value is -0.620. The molecule has 21 heavy (non-hydrogen) atoms. The highest BCUT2D eigenvalue weighted by molar-refractivity contribution is 9.10. The van der Waals surface area contributed by atoms with Gasteiger partial charge in [-0.25, -0.2) is 4.39 Å². The minimum absolute atomic E-state index is 0.148. The maximum absolute atomic E-state index is 13.7. The SMILES string of the molecule is CNC(c1ccc(Cl)c(Br)c1)c1cc(Br)c(F)cc1OC. The summed E-state index contributed by atoms with van der Waals surface area (Å²) in [7, 11) is 3.36. The van der Waals surface area contributed by atoms with Crippen molar-refractivity contribution < 1.29 is 9.13 Å². The third-order valence-electron chi connectivity index (χ3n) is 3.15. The van der Waals surface area contributed by atoms with Gasteiger partial charge in [0.1, 0.15) is 11.6 Å². The number of hydrogen-bond donors (Lipinski definition) is 1. The van der Waals surface area contributed by atoms with E-state index in [1.54, 1.807) is 6.07 Å². The van der Waals surface area contributed by atoms with Gasteiger partial charge in [-0.2, -0.15) is 0 Å². The van der Waals surface area contributed by atoms with E-state index in [0.717, 1.165) is 15.6 Å². The van der Waals surface area contributed by atoms with Crippen LogP contribution in [0.5, 0.6) is 5.75 Å². The van der Waals surface area contributed by atoms with Gasteiger partial charge in [-0.3, -0.25) is 0 Å². The molecule has 6 heteroatoms. The third-order valence-corrected chi connectivity index (χ3v) is 4.97. The summed E-state index contributed by atoms with van der Waals surface area (Å²) >= 11 is 12.7. The molecular weight excluding hydrogens is 424 g/mol. The van der Waals surface area contributed by atoms with Crippen LogP contribution in [0, 0.1) is 5.82 Å². The van der Waals surface area contributed by atoms with Crippen LogP contribution in [0.1, 0.15) is 17.2 Å². The largest absolute Gasteiger partial charge is 0.496 e. The van der Waals surface area contributed by atoms with Gasteiger partial charge < -0.3 is 10.1 Å². The number of ether oxygens (including phenoxy) is 1. The minimum atomic E-state index is -0.359. The standard InChI is InChI=1S/C15H13Br2ClFNO/c1-20-15(8-3-4-12(18)10(16)5-8)9-6-11(17)13(19)7-14(9)21-2/h3-7,15,20H,1-2H3. The van der Waals surface area contributed by atoms with Crippen LogP contribution in [0.25, 0.3) is 0 Å². The van der Waals surface area contributed by atoms with Gasteiger partial charge >= 0.3 is 0 Å². The monoisotopic (exact) mass is 435 g/mol. The predicted octanol–water partition coefficient (Wildman–Crippen LogP) is 5.32. The average Bonchev–Trinajstić information content (AvgIpc) is 2.46. The molecule has 0 radical (unpaired) electrons. The Morgan fingerprint density at radius 2 is 1.90 bits per heavy atom. The highest BCUT2D eigenvalue weighted by atomic mass is 79.9. The summed E-state index contributed by atoms with van der Waals surface area (Å²) < 4.78 is 20.2. The molecule has 1 atom stereocenters. The first-order valence-corrected chi connectivity index (χ1v) is 8.09. The highest BCUT2D eigenvalue weighted by Crippen LogP contribution is 2.35. The van der Waals surface area contributed by atoms with E-state index in [0.29, 0.717) is 15.2 Å². The van der Waals surface area contributed by atoms with Gasteiger partial charge in [0.25, 0.3) is 0 Å². The van der Waals surface area contributed by atoms with Gasteiger partial charge in [-0.1, -0.05) is 17.7 Å². The lowest BCUT2D eigenvalue weighted by atomic mass is 9.98. The Labute approximate surface area is 144 Å². The van der Waals surface area contributed by atoms with Crippen molar-refractivity contribution in [2.75, 3.05) is 14.2 Å². The fraction of sp³-hybridized carbons (Fsp3) is 0.200. The number of rotatable bonds is 4. The maximum Gasteiger partial charge on any atom is 0.141 e. The molecule has 0 aliphatic rings. The third kappa shape index (κ3) is 3.59. The van der Waals surface area contributed by atoms with Crippen molar-refractivity contribution in [2.45, 2.75) is 6.04 Å². The molecule has 2 aromatic rings. The number of nitrogens with one attached hydrogen (secondary N) is 1. The number of hydrogen-bond acceptors (Lipinski definition) is 2. The zero-order chi connectivity index (χ0) is 15.6. The minimum Gasteiger partial charge on any atom is -0.496 e. The summed E-state index contributed by atoms with van der Waals surface area (Å²) in [4.78, 5) is 0. The Morgan fingerprint density at radius 3 is 2.48 bits per heavy atom. The molecule has 0 fully saturated rings. The average molecular weight is 438 g/mol. The number of halogens is 4. The van der Waals surface area contributed by atoms with Gasteiger partial charge in [-0.15, -0.1) is 0 Å². The highest BCUT2D eigenvalue weighted by Gasteiger charge is 2.19. The zero-order valence-electron chi connectivity index (χ0n) is 11.4. The molecule has 0 aromatic heterocycles. The van der Waals surface area contributed by atoms with E-state index < -0.39 is 0 Å². The smallest absolute Gasteiger partial charge is 0.141 e. The lowest BCUT2D eigenvalue weighted by molar-refractivity contribution is 0.401. The first-order chi connectivity index (χ1) is 9.97. The molecular formula is C15H13Br2ClFNO. The summed E-state index contributed by atoms with van der Waals surface area (Å²) in [5.74, 6) is 0.129. The van der Waals surface area contributed by atoms with Crippen LogP contribution < -0.4 is 10.1 Å². The molecule has 2 nitrogen and oxygen atoms in total. The van der Waals surface area contributed by atoms with E-state index in [4.69, 9.17) is 16.3 Å². The molecule has 0 aliphatic heterocycles. The van der Waals surface area contributed by atoms with Crippen LogP contribution in [-0.2, 0) is 0 Å². The topological polar surface area (TPSA) is 21.3 Å². The van der Waals surface area contributed by atoms with E-state index >= 15 is 0 Å². The van der Waals surface area contributed by atoms with Gasteiger partial charge in [0.2, 0.25) is 0 Å². The lowest BCUT2D eigenvalue weighted by Crippen LogP contribution is -2.18. The molecule has 0 saturated carbocycles. The van der Waals surface area contributed by atoms with Gasteiger partial charge in [0.15, 0.2) is 0 Å². The molecule has 0 heterocycles. The second-order valence-electron chi connectivity index (χ2n) is 4.40. The molecule has 0 bridgehead atoms. The first kappa shape index (κ1) is 16.7. The summed E-state index contributed by atoms with van der Waals surface area (Å²) in [5.41, 5.74) is 1.83. The summed E-state index contributed by atoms with van der Waals surface area (Å²) in [5, 5.41) is 3.86. The van der Waals surface area contributed by atoms with Crippen LogP contribution in [0.2, 0.25) is 5.02 Å². The normalized spacial score (nSPS) is 12.3. The molecule has 0 spiro atoms. The summed E-state index contributed by atoms with van der Waals surface area (Å²) in [6, 6.07) is 8.61. The van der Waals surface area contributed by atoms with Crippen molar-refractivity contribution >= 4 is 43.5 Å². The van der Waals surface area contributed by atoms with Crippen LogP contribution in [0.15, 0.2) is 39.3 Å². The van der Waals surface area contributed by atoms with Crippen molar-refractivity contribution in [1.29, 1.82) is 0 Å². The van der Waals surface area contributed by atoms with E-state index in [2.05, 4.69) is 37.2 Å². The molecule has 0 saturated heterocycles. The Bertz CT molecular complexity index is 666. The quantitative estimate of drug-likeness (QED) is 0.699. The van der Waals surface area contributed by atoms with Crippen molar-refractivity contribution in [3.05, 3.63) is 61.2 Å². The molecule has 2 aromatic carbocycles. The Kier molecular flexibility index (Phi) is 5.66. The summed E-state index contributed by atoms with van der Waals surface area (Å²) in [6.07, 6.45) is 0. The molecule has 1 unspecified atom stereocenters. The van der Waals surface area contributed by atoms with Crippen molar-refractivity contribution in [1.82, 2.24) is 5.32 Å². The van der Waals surface area contributed by atoms with Crippen LogP contribution in [0.4, 0.5) is 4.39 Å². The maximum atomic E-state index is 13.7. The molecule has 1 N–H and O–H groups in total. The van der Waals surface area contributed by atoms with Crippen LogP contribution >= 0.6 is 43.5 Å². The van der Waals surface area contributed by atoms with Crippen molar-refractivity contribution in [3.63, 3.8) is 0 Å². The fourth-order valence-corrected chi connectivity index (χ4v) is 3.02. The van der Waals surface area contributed by atoms with Crippen LogP contribution in [-0.4, -0.2) is 14.2 Å². The van der Waals surface area contributed by atoms with Gasteiger partial charge in [-0.05, 0) is 62.7 Å². The number of methoxy groups -OCH3 is 1. The molecule has 2 rings (SSSR count). The van der Waals surface area contributed by atoms with Gasteiger partial charge in [0.05, 0.1) is 22.6 Å².